The summed E-state index contributed by atoms with van der Waals surface area (Å²) in [7, 11) is 0. The summed E-state index contributed by atoms with van der Waals surface area (Å²) in [6.45, 7) is -0.0730. The number of amides is 1. The number of ether oxygens (including phenoxy) is 1. The molecule has 2 rings (SSSR count). The number of nitrogens with zero attached hydrogens (tertiary/aromatic N) is 1. The minimum absolute atomic E-state index is 0.0730. The monoisotopic (exact) mass is 340 g/mol. The van der Waals surface area contributed by atoms with Gasteiger partial charge in [0.2, 0.25) is 0 Å². The van der Waals surface area contributed by atoms with Gasteiger partial charge in [-0.1, -0.05) is 11.6 Å². The van der Waals surface area contributed by atoms with Crippen molar-refractivity contribution in [1.82, 2.24) is 4.98 Å². The van der Waals surface area contributed by atoms with Crippen LogP contribution in [-0.4, -0.2) is 17.5 Å². The van der Waals surface area contributed by atoms with Gasteiger partial charge in [0.25, 0.3) is 5.91 Å². The first-order chi connectivity index (χ1) is 9.15. The van der Waals surface area contributed by atoms with E-state index >= 15 is 0 Å². The summed E-state index contributed by atoms with van der Waals surface area (Å²) in [5, 5.41) is 3.34. The molecule has 0 atom stereocenters. The highest BCUT2D eigenvalue weighted by atomic mass is 79.9. The minimum atomic E-state index is -0.248. The van der Waals surface area contributed by atoms with Gasteiger partial charge in [-0.05, 0) is 46.3 Å². The molecule has 0 unspecified atom stereocenters. The maximum absolute atomic E-state index is 11.7. The molecular weight excluding hydrogens is 332 g/mol. The van der Waals surface area contributed by atoms with E-state index in [2.05, 4.69) is 26.2 Å². The van der Waals surface area contributed by atoms with Crippen molar-refractivity contribution < 1.29 is 9.53 Å². The Balaban J connectivity index is 1.88. The number of hydrogen-bond acceptors (Lipinski definition) is 3. The maximum atomic E-state index is 11.7. The van der Waals surface area contributed by atoms with E-state index in [4.69, 9.17) is 16.3 Å². The zero-order valence-electron chi connectivity index (χ0n) is 9.77. The summed E-state index contributed by atoms with van der Waals surface area (Å²) >= 11 is 9.05. The lowest BCUT2D eigenvalue weighted by Crippen LogP contribution is -2.20. The summed E-state index contributed by atoms with van der Waals surface area (Å²) in [5.41, 5.74) is 0.653. The van der Waals surface area contributed by atoms with Crippen molar-refractivity contribution >= 4 is 39.1 Å². The Kier molecular flexibility index (Phi) is 4.76. The van der Waals surface area contributed by atoms with E-state index in [9.17, 15) is 4.79 Å². The fourth-order valence-corrected chi connectivity index (χ4v) is 1.82. The summed E-state index contributed by atoms with van der Waals surface area (Å²) in [5.74, 6) is 0.343. The maximum Gasteiger partial charge on any atom is 0.262 e. The molecule has 1 aromatic carbocycles. The highest BCUT2D eigenvalue weighted by molar-refractivity contribution is 9.10. The third kappa shape index (κ3) is 4.22. The van der Waals surface area contributed by atoms with E-state index in [1.807, 2.05) is 0 Å². The van der Waals surface area contributed by atoms with Crippen molar-refractivity contribution in [3.8, 4) is 5.75 Å². The first kappa shape index (κ1) is 13.8. The Bertz CT molecular complexity index is 575. The third-order valence-electron chi connectivity index (χ3n) is 2.23. The number of halogens is 2. The summed E-state index contributed by atoms with van der Waals surface area (Å²) in [6, 6.07) is 8.52. The van der Waals surface area contributed by atoms with Crippen molar-refractivity contribution in [2.45, 2.75) is 0 Å². The fraction of sp³-hybridized carbons (Fsp3) is 0.0769. The molecule has 0 bridgehead atoms. The van der Waals surface area contributed by atoms with Crippen LogP contribution in [-0.2, 0) is 4.79 Å². The molecule has 0 radical (unpaired) electrons. The van der Waals surface area contributed by atoms with Crippen LogP contribution < -0.4 is 10.1 Å². The van der Waals surface area contributed by atoms with Gasteiger partial charge in [0.15, 0.2) is 6.61 Å². The number of rotatable bonds is 4. The third-order valence-corrected chi connectivity index (χ3v) is 3.11. The molecule has 0 fully saturated rings. The molecule has 0 saturated heterocycles. The van der Waals surface area contributed by atoms with Gasteiger partial charge < -0.3 is 10.1 Å². The van der Waals surface area contributed by atoms with Crippen LogP contribution in [0.1, 0.15) is 0 Å². The second-order valence-corrected chi connectivity index (χ2v) is 4.94. The van der Waals surface area contributed by atoms with Gasteiger partial charge in [-0.2, -0.15) is 0 Å². The van der Waals surface area contributed by atoms with Crippen LogP contribution in [0.2, 0.25) is 5.02 Å². The lowest BCUT2D eigenvalue weighted by Gasteiger charge is -2.08. The Morgan fingerprint density at radius 3 is 2.74 bits per heavy atom. The molecule has 0 aliphatic carbocycles. The number of nitrogens with one attached hydrogen (secondary N) is 1. The number of aromatic nitrogens is 1. The van der Waals surface area contributed by atoms with E-state index in [1.165, 1.54) is 0 Å². The lowest BCUT2D eigenvalue weighted by atomic mass is 10.3. The largest absolute Gasteiger partial charge is 0.484 e. The highest BCUT2D eigenvalue weighted by Gasteiger charge is 2.06. The van der Waals surface area contributed by atoms with Crippen molar-refractivity contribution in [3.05, 3.63) is 52.2 Å². The minimum Gasteiger partial charge on any atom is -0.484 e. The number of carbonyl (C=O) groups is 1. The van der Waals surface area contributed by atoms with Crippen molar-refractivity contribution in [2.24, 2.45) is 0 Å². The second kappa shape index (κ2) is 6.54. The zero-order chi connectivity index (χ0) is 13.7. The number of anilines is 1. The van der Waals surface area contributed by atoms with Crippen molar-refractivity contribution in [2.75, 3.05) is 11.9 Å². The molecule has 4 nitrogen and oxygen atoms in total. The van der Waals surface area contributed by atoms with Gasteiger partial charge in [-0.25, -0.2) is 0 Å². The predicted molar refractivity (Wildman–Crippen MR) is 77.5 cm³/mol. The molecule has 1 aromatic heterocycles. The number of pyridine rings is 1. The van der Waals surface area contributed by atoms with Crippen molar-refractivity contribution in [1.29, 1.82) is 0 Å². The van der Waals surface area contributed by atoms with E-state index in [-0.39, 0.29) is 12.5 Å². The standard InChI is InChI=1S/C13H10BrClN2O2/c14-11-7-16-6-5-12(11)17-13(18)8-19-10-3-1-9(15)2-4-10/h1-7H,8H2,(H,16,17,18). The summed E-state index contributed by atoms with van der Waals surface area (Å²) in [6.07, 6.45) is 3.20. The molecule has 2 aromatic rings. The van der Waals surface area contributed by atoms with E-state index in [0.717, 1.165) is 4.47 Å². The van der Waals surface area contributed by atoms with Crippen LogP contribution in [0.5, 0.6) is 5.75 Å². The molecule has 6 heteroatoms. The molecule has 19 heavy (non-hydrogen) atoms. The molecule has 0 aliphatic rings. The first-order valence-corrected chi connectivity index (χ1v) is 6.60. The Morgan fingerprint density at radius 2 is 2.05 bits per heavy atom. The van der Waals surface area contributed by atoms with Crippen LogP contribution in [0.4, 0.5) is 5.69 Å². The van der Waals surface area contributed by atoms with Crippen LogP contribution in [0, 0.1) is 0 Å². The SMILES string of the molecule is O=C(COc1ccc(Cl)cc1)Nc1ccncc1Br. The topological polar surface area (TPSA) is 51.2 Å². The molecule has 0 aliphatic heterocycles. The molecular formula is C13H10BrClN2O2. The van der Waals surface area contributed by atoms with Crippen LogP contribution >= 0.6 is 27.5 Å². The average Bonchev–Trinajstić information content (AvgIpc) is 2.41. The van der Waals surface area contributed by atoms with Gasteiger partial charge in [0.1, 0.15) is 5.75 Å². The van der Waals surface area contributed by atoms with E-state index < -0.39 is 0 Å². The second-order valence-electron chi connectivity index (χ2n) is 3.65. The quantitative estimate of drug-likeness (QED) is 0.926. The normalized spacial score (nSPS) is 10.0. The number of hydrogen-bond donors (Lipinski definition) is 1. The van der Waals surface area contributed by atoms with E-state index in [1.54, 1.807) is 42.7 Å². The van der Waals surface area contributed by atoms with Gasteiger partial charge >= 0.3 is 0 Å². The Hall–Kier alpha value is -1.59. The van der Waals surface area contributed by atoms with Gasteiger partial charge in [-0.3, -0.25) is 9.78 Å². The Labute approximate surface area is 123 Å². The number of carbonyl (C=O) groups excluding carboxylic acids is 1. The summed E-state index contributed by atoms with van der Waals surface area (Å²) < 4.78 is 6.05. The molecule has 1 heterocycles. The average molecular weight is 342 g/mol. The van der Waals surface area contributed by atoms with Crippen LogP contribution in [0.3, 0.4) is 0 Å². The first-order valence-electron chi connectivity index (χ1n) is 5.43. The number of benzene rings is 1. The zero-order valence-corrected chi connectivity index (χ0v) is 12.1. The highest BCUT2D eigenvalue weighted by Crippen LogP contribution is 2.20. The van der Waals surface area contributed by atoms with Crippen LogP contribution in [0.25, 0.3) is 0 Å². The summed E-state index contributed by atoms with van der Waals surface area (Å²) in [4.78, 5) is 15.6. The van der Waals surface area contributed by atoms with Crippen LogP contribution in [0.15, 0.2) is 47.2 Å². The van der Waals surface area contributed by atoms with Gasteiger partial charge in [0.05, 0.1) is 10.2 Å². The lowest BCUT2D eigenvalue weighted by molar-refractivity contribution is -0.118. The molecule has 1 N–H and O–H groups in total. The Morgan fingerprint density at radius 1 is 1.32 bits per heavy atom. The van der Waals surface area contributed by atoms with E-state index in [0.29, 0.717) is 16.5 Å². The van der Waals surface area contributed by atoms with Gasteiger partial charge in [-0.15, -0.1) is 0 Å². The van der Waals surface area contributed by atoms with Crippen molar-refractivity contribution in [3.63, 3.8) is 0 Å². The fourth-order valence-electron chi connectivity index (χ4n) is 1.34. The van der Waals surface area contributed by atoms with Gasteiger partial charge in [0, 0.05) is 17.4 Å². The predicted octanol–water partition coefficient (Wildman–Crippen LogP) is 3.52. The molecule has 98 valence electrons. The molecule has 1 amide bonds. The molecule has 0 saturated carbocycles. The smallest absolute Gasteiger partial charge is 0.262 e. The molecule has 0 spiro atoms.